The number of sulfone groups is 1. The van der Waals surface area contributed by atoms with Crippen LogP contribution >= 0.6 is 0 Å². The lowest BCUT2D eigenvalue weighted by Gasteiger charge is -2.50. The Labute approximate surface area is 266 Å². The molecule has 1 aromatic heterocycles. The number of rotatable bonds is 9. The molecule has 2 atom stereocenters. The van der Waals surface area contributed by atoms with Gasteiger partial charge in [-0.25, -0.2) is 8.42 Å². The van der Waals surface area contributed by atoms with E-state index in [2.05, 4.69) is 27.4 Å². The third kappa shape index (κ3) is 7.38. The zero-order valence-corrected chi connectivity index (χ0v) is 26.3. The van der Waals surface area contributed by atoms with Gasteiger partial charge in [0.15, 0.2) is 16.4 Å². The number of nitriles is 1. The Bertz CT molecular complexity index is 1780. The highest BCUT2D eigenvalue weighted by molar-refractivity contribution is 7.90. The van der Waals surface area contributed by atoms with Crippen LogP contribution in [0.15, 0.2) is 47.4 Å². The van der Waals surface area contributed by atoms with E-state index in [0.717, 1.165) is 50.7 Å². The van der Waals surface area contributed by atoms with Crippen molar-refractivity contribution >= 4 is 32.1 Å². The summed E-state index contributed by atoms with van der Waals surface area (Å²) in [6.07, 6.45) is 2.69. The summed E-state index contributed by atoms with van der Waals surface area (Å²) in [7, 11) is -3.51. The van der Waals surface area contributed by atoms with E-state index >= 15 is 0 Å². The van der Waals surface area contributed by atoms with Crippen LogP contribution in [0.3, 0.4) is 0 Å². The molecule has 4 fully saturated rings. The van der Waals surface area contributed by atoms with E-state index in [9.17, 15) is 21.6 Å². The van der Waals surface area contributed by atoms with Crippen molar-refractivity contribution in [3.8, 4) is 23.7 Å². The van der Waals surface area contributed by atoms with Gasteiger partial charge in [0.2, 0.25) is 0 Å². The molecular weight excluding hydrogens is 619 g/mol. The maximum absolute atomic E-state index is 13.7. The predicted octanol–water partition coefficient (Wildman–Crippen LogP) is 5.17. The van der Waals surface area contributed by atoms with E-state index < -0.39 is 22.6 Å². The lowest BCUT2D eigenvalue weighted by molar-refractivity contribution is -0.189. The molecule has 4 aliphatic rings. The highest BCUT2D eigenvalue weighted by Gasteiger charge is 2.41. The van der Waals surface area contributed by atoms with Crippen molar-refractivity contribution < 1.29 is 31.1 Å². The number of aromatic nitrogens is 1. The van der Waals surface area contributed by atoms with Crippen LogP contribution < -0.4 is 15.4 Å². The van der Waals surface area contributed by atoms with E-state index in [0.29, 0.717) is 34.8 Å². The van der Waals surface area contributed by atoms with Crippen LogP contribution in [-0.2, 0) is 21.1 Å². The second kappa shape index (κ2) is 13.1. The van der Waals surface area contributed by atoms with Gasteiger partial charge in [0.1, 0.15) is 18.4 Å². The molecule has 3 aliphatic heterocycles. The van der Waals surface area contributed by atoms with Crippen molar-refractivity contribution in [1.82, 2.24) is 9.47 Å². The molecule has 3 aromatic rings. The van der Waals surface area contributed by atoms with E-state index in [1.54, 1.807) is 18.2 Å². The third-order valence-electron chi connectivity index (χ3n) is 8.90. The van der Waals surface area contributed by atoms with Crippen LogP contribution in [0.1, 0.15) is 37.8 Å². The summed E-state index contributed by atoms with van der Waals surface area (Å²) in [5, 5.41) is 16.2. The minimum atomic E-state index is -4.45. The molecule has 2 bridgehead atoms. The van der Waals surface area contributed by atoms with Gasteiger partial charge in [-0.2, -0.15) is 18.4 Å². The van der Waals surface area contributed by atoms with Crippen molar-refractivity contribution in [2.45, 2.75) is 74.0 Å². The molecule has 7 rings (SSSR count). The van der Waals surface area contributed by atoms with Gasteiger partial charge in [-0.15, -0.1) is 0 Å². The average molecular weight is 656 g/mol. The van der Waals surface area contributed by atoms with Crippen LogP contribution in [-0.4, -0.2) is 80.8 Å². The number of ether oxygens (including phenoxy) is 2. The Kier molecular flexibility index (Phi) is 9.10. The van der Waals surface area contributed by atoms with Gasteiger partial charge in [0, 0.05) is 55.0 Å². The van der Waals surface area contributed by atoms with Crippen LogP contribution in [0.2, 0.25) is 0 Å². The first-order valence-electron chi connectivity index (χ1n) is 15.4. The Balaban J connectivity index is 1.17. The zero-order valence-electron chi connectivity index (χ0n) is 25.4. The fourth-order valence-electron chi connectivity index (χ4n) is 6.74. The largest absolute Gasteiger partial charge is 0.477 e. The van der Waals surface area contributed by atoms with Crippen molar-refractivity contribution in [2.75, 3.05) is 43.1 Å². The summed E-state index contributed by atoms with van der Waals surface area (Å²) >= 11 is 0. The lowest BCUT2D eigenvalue weighted by Crippen LogP contribution is -2.60. The Hall–Kier alpha value is -3.91. The summed E-state index contributed by atoms with van der Waals surface area (Å²) in [6, 6.07) is 13.9. The maximum Gasteiger partial charge on any atom is 0.406 e. The molecule has 2 aromatic carbocycles. The molecule has 3 saturated heterocycles. The van der Waals surface area contributed by atoms with Crippen LogP contribution in [0, 0.1) is 23.2 Å². The first kappa shape index (κ1) is 32.0. The number of fused-ring (bicyclic) bond motifs is 3. The average Bonchev–Trinajstić information content (AvgIpc) is 3.34. The minimum absolute atomic E-state index is 0.0274. The topological polar surface area (TPSA) is 109 Å². The second-order valence-corrected chi connectivity index (χ2v) is 14.2. The molecule has 13 heteroatoms. The number of nitrogens with one attached hydrogen (secondary N) is 2. The number of piperidine rings is 1. The molecule has 1 unspecified atom stereocenters. The summed E-state index contributed by atoms with van der Waals surface area (Å²) in [6.45, 7) is 0.584. The monoisotopic (exact) mass is 655 g/mol. The van der Waals surface area contributed by atoms with Gasteiger partial charge in [0.05, 0.1) is 40.5 Å². The summed E-state index contributed by atoms with van der Waals surface area (Å²) in [5.74, 6) is 5.93. The Morgan fingerprint density at radius 1 is 1.07 bits per heavy atom. The minimum Gasteiger partial charge on any atom is -0.477 e. The first-order valence-corrected chi connectivity index (χ1v) is 17.3. The highest BCUT2D eigenvalue weighted by atomic mass is 32.2. The Morgan fingerprint density at radius 3 is 2.48 bits per heavy atom. The number of alkyl halides is 3. The number of hydrogen-bond acceptors (Lipinski definition) is 8. The molecular formula is C33H36F3N5O4S. The molecule has 46 heavy (non-hydrogen) atoms. The lowest BCUT2D eigenvalue weighted by atomic mass is 9.87. The number of halogens is 3. The van der Waals surface area contributed by atoms with Gasteiger partial charge in [-0.1, -0.05) is 12.0 Å². The fraction of sp³-hybridized carbons (Fsp3) is 0.485. The van der Waals surface area contributed by atoms with Gasteiger partial charge >= 0.3 is 6.18 Å². The second-order valence-electron chi connectivity index (χ2n) is 12.2. The van der Waals surface area contributed by atoms with Crippen molar-refractivity contribution in [1.29, 1.82) is 5.26 Å². The quantitative estimate of drug-likeness (QED) is 0.304. The summed E-state index contributed by atoms with van der Waals surface area (Å²) in [5.41, 5.74) is 1.87. The molecule has 1 saturated carbocycles. The van der Waals surface area contributed by atoms with Gasteiger partial charge in [-0.05, 0) is 61.9 Å². The van der Waals surface area contributed by atoms with Gasteiger partial charge in [-0.3, -0.25) is 4.90 Å². The standard InChI is InChI=1S/C33H36F3N5O4S/c1-46(42,43)27-11-12-30(32(18-27)44-15-13-37)38-14-3-4-24-16-28-29(5-2-6-31(28)41(24)21-33(34,35)36)39-22-7-9-23(10-8-22)40-19-25-17-26(20-40)45-25/h2,5-6,11-12,16,18,22-23,25-26,38-39H,7-10,14-15,17,19-21H2,1H3/t22?,23?,25-,26?/m1/s1. The van der Waals surface area contributed by atoms with Crippen molar-refractivity contribution in [3.05, 3.63) is 48.2 Å². The van der Waals surface area contributed by atoms with E-state index in [1.165, 1.54) is 29.2 Å². The Morgan fingerprint density at radius 2 is 1.80 bits per heavy atom. The highest BCUT2D eigenvalue weighted by Crippen LogP contribution is 2.35. The number of nitrogens with zero attached hydrogens (tertiary/aromatic N) is 3. The third-order valence-corrected chi connectivity index (χ3v) is 10.0. The fourth-order valence-corrected chi connectivity index (χ4v) is 7.37. The SMILES string of the molecule is CS(=O)(=O)c1ccc(NCC#Cc2cc3c(NC4CCC(N5CC6C[C@H](C5)O6)CC4)cccc3n2CC(F)(F)F)c(OCC#N)c1. The van der Waals surface area contributed by atoms with Crippen molar-refractivity contribution in [2.24, 2.45) is 0 Å². The molecule has 1 aliphatic carbocycles. The van der Waals surface area contributed by atoms with Crippen LogP contribution in [0.25, 0.3) is 10.9 Å². The molecule has 0 radical (unpaired) electrons. The molecule has 4 heterocycles. The molecule has 9 nitrogen and oxygen atoms in total. The summed E-state index contributed by atoms with van der Waals surface area (Å²) in [4.78, 5) is 2.60. The predicted molar refractivity (Wildman–Crippen MR) is 169 cm³/mol. The summed E-state index contributed by atoms with van der Waals surface area (Å²) < 4.78 is 77.4. The number of hydrogen-bond donors (Lipinski definition) is 2. The maximum atomic E-state index is 13.7. The number of morpholine rings is 1. The van der Waals surface area contributed by atoms with E-state index in [-0.39, 0.29) is 35.5 Å². The number of benzene rings is 2. The van der Waals surface area contributed by atoms with E-state index in [1.807, 2.05) is 12.1 Å². The normalized spacial score (nSPS) is 23.1. The van der Waals surface area contributed by atoms with Gasteiger partial charge < -0.3 is 24.7 Å². The smallest absolute Gasteiger partial charge is 0.406 e. The van der Waals surface area contributed by atoms with Crippen LogP contribution in [0.4, 0.5) is 24.5 Å². The number of anilines is 2. The zero-order chi connectivity index (χ0) is 32.5. The molecule has 0 spiro atoms. The first-order chi connectivity index (χ1) is 22.0. The van der Waals surface area contributed by atoms with Crippen LogP contribution in [0.5, 0.6) is 5.75 Å². The molecule has 0 amide bonds. The molecule has 2 N–H and O–H groups in total. The van der Waals surface area contributed by atoms with Gasteiger partial charge in [0.25, 0.3) is 0 Å². The van der Waals surface area contributed by atoms with E-state index in [4.69, 9.17) is 14.7 Å². The van der Waals surface area contributed by atoms with Crippen molar-refractivity contribution in [3.63, 3.8) is 0 Å². The molecule has 244 valence electrons.